The Morgan fingerprint density at radius 1 is 1.14 bits per heavy atom. The van der Waals surface area contributed by atoms with Gasteiger partial charge in [-0.15, -0.1) is 0 Å². The second-order valence-corrected chi connectivity index (χ2v) is 10.8. The third-order valence-electron chi connectivity index (χ3n) is 6.54. The second kappa shape index (κ2) is 12.9. The van der Waals surface area contributed by atoms with Crippen molar-refractivity contribution >= 4 is 17.9 Å². The predicted octanol–water partition coefficient (Wildman–Crippen LogP) is 3.17. The summed E-state index contributed by atoms with van der Waals surface area (Å²) in [6.45, 7) is 11.0. The molecule has 0 aromatic heterocycles. The first-order valence-electron chi connectivity index (χ1n) is 13.0. The summed E-state index contributed by atoms with van der Waals surface area (Å²) in [6.07, 6.45) is 2.70. The lowest BCUT2D eigenvalue weighted by Gasteiger charge is -2.36. The zero-order chi connectivity index (χ0) is 25.4. The van der Waals surface area contributed by atoms with Crippen LogP contribution >= 0.6 is 0 Å². The fourth-order valence-electron chi connectivity index (χ4n) is 5.16. The van der Waals surface area contributed by atoms with Gasteiger partial charge in [-0.1, -0.05) is 58.0 Å². The van der Waals surface area contributed by atoms with Gasteiger partial charge < -0.3 is 15.4 Å². The Bertz CT molecular complexity index is 845. The van der Waals surface area contributed by atoms with Crippen LogP contribution < -0.4 is 10.6 Å². The number of benzene rings is 1. The van der Waals surface area contributed by atoms with Crippen molar-refractivity contribution in [3.63, 3.8) is 0 Å². The Morgan fingerprint density at radius 3 is 2.57 bits per heavy atom. The number of piperazine rings is 1. The monoisotopic (exact) mass is 486 g/mol. The topological polar surface area (TPSA) is 91.0 Å². The lowest BCUT2D eigenvalue weighted by molar-refractivity contribution is -0.126. The van der Waals surface area contributed by atoms with E-state index in [2.05, 4.69) is 43.2 Å². The van der Waals surface area contributed by atoms with Gasteiger partial charge in [0.25, 0.3) is 0 Å². The van der Waals surface area contributed by atoms with Gasteiger partial charge in [-0.3, -0.25) is 19.4 Å². The average molecular weight is 487 g/mol. The quantitative estimate of drug-likeness (QED) is 0.530. The molecule has 2 N–H and O–H groups in total. The highest BCUT2D eigenvalue weighted by molar-refractivity contribution is 5.86. The van der Waals surface area contributed by atoms with Gasteiger partial charge in [0.05, 0.1) is 6.54 Å². The van der Waals surface area contributed by atoms with Crippen molar-refractivity contribution in [2.45, 2.75) is 78.1 Å². The Kier molecular flexibility index (Phi) is 9.95. The van der Waals surface area contributed by atoms with Gasteiger partial charge in [-0.2, -0.15) is 0 Å². The zero-order valence-corrected chi connectivity index (χ0v) is 21.7. The summed E-state index contributed by atoms with van der Waals surface area (Å²) in [4.78, 5) is 42.0. The third-order valence-corrected chi connectivity index (χ3v) is 6.54. The van der Waals surface area contributed by atoms with Crippen molar-refractivity contribution in [1.29, 1.82) is 0 Å². The van der Waals surface area contributed by atoms with Crippen LogP contribution in [0.1, 0.15) is 58.9 Å². The van der Waals surface area contributed by atoms with E-state index in [-0.39, 0.29) is 30.5 Å². The van der Waals surface area contributed by atoms with Gasteiger partial charge in [0, 0.05) is 31.7 Å². The molecule has 3 atom stereocenters. The summed E-state index contributed by atoms with van der Waals surface area (Å²) >= 11 is 0. The second-order valence-electron chi connectivity index (χ2n) is 10.8. The van der Waals surface area contributed by atoms with Crippen LogP contribution in [-0.4, -0.2) is 72.0 Å². The van der Waals surface area contributed by atoms with E-state index in [1.165, 1.54) is 0 Å². The first-order valence-corrected chi connectivity index (χ1v) is 13.0. The molecule has 2 saturated heterocycles. The Balaban J connectivity index is 1.58. The molecule has 0 aliphatic carbocycles. The fourth-order valence-corrected chi connectivity index (χ4v) is 5.16. The number of ether oxygens (including phenoxy) is 1. The zero-order valence-electron chi connectivity index (χ0n) is 21.7. The molecule has 35 heavy (non-hydrogen) atoms. The van der Waals surface area contributed by atoms with Crippen LogP contribution in [-0.2, 0) is 20.9 Å². The average Bonchev–Trinajstić information content (AvgIpc) is 3.27. The van der Waals surface area contributed by atoms with Crippen molar-refractivity contribution in [2.75, 3.05) is 26.2 Å². The summed E-state index contributed by atoms with van der Waals surface area (Å²) in [7, 11) is 0. The lowest BCUT2D eigenvalue weighted by Crippen LogP contribution is -2.58. The highest BCUT2D eigenvalue weighted by atomic mass is 16.6. The van der Waals surface area contributed by atoms with Crippen molar-refractivity contribution in [3.8, 4) is 0 Å². The summed E-state index contributed by atoms with van der Waals surface area (Å²) < 4.78 is 5.49. The van der Waals surface area contributed by atoms with E-state index >= 15 is 0 Å². The number of hydrogen-bond acceptors (Lipinski definition) is 5. The van der Waals surface area contributed by atoms with E-state index in [1.807, 2.05) is 30.3 Å². The molecule has 8 heteroatoms. The molecule has 0 saturated carbocycles. The minimum Gasteiger partial charge on any atom is -0.445 e. The van der Waals surface area contributed by atoms with Crippen LogP contribution in [0.15, 0.2) is 30.3 Å². The van der Waals surface area contributed by atoms with E-state index in [9.17, 15) is 14.4 Å². The van der Waals surface area contributed by atoms with E-state index in [4.69, 9.17) is 4.74 Å². The van der Waals surface area contributed by atoms with Gasteiger partial charge in [0.15, 0.2) is 0 Å². The van der Waals surface area contributed by atoms with Crippen LogP contribution in [0.4, 0.5) is 4.79 Å². The summed E-state index contributed by atoms with van der Waals surface area (Å²) in [5.74, 6) is 0.798. The van der Waals surface area contributed by atoms with Gasteiger partial charge >= 0.3 is 6.09 Å². The van der Waals surface area contributed by atoms with E-state index in [0.717, 1.165) is 31.4 Å². The molecular formula is C27H42N4O4. The number of hydrogen-bond donors (Lipinski definition) is 2. The molecule has 1 unspecified atom stereocenters. The number of carbonyl (C=O) groups excluding carboxylic acids is 3. The largest absolute Gasteiger partial charge is 0.445 e. The molecule has 2 aliphatic heterocycles. The van der Waals surface area contributed by atoms with Crippen molar-refractivity contribution in [2.24, 2.45) is 11.8 Å². The minimum atomic E-state index is -0.522. The number of carbonyl (C=O) groups is 3. The highest BCUT2D eigenvalue weighted by Gasteiger charge is 2.36. The summed E-state index contributed by atoms with van der Waals surface area (Å²) in [5.41, 5.74) is 0.916. The smallest absolute Gasteiger partial charge is 0.410 e. The van der Waals surface area contributed by atoms with Gasteiger partial charge in [0.1, 0.15) is 12.6 Å². The van der Waals surface area contributed by atoms with Crippen LogP contribution in [0.3, 0.4) is 0 Å². The van der Waals surface area contributed by atoms with Crippen LogP contribution in [0.5, 0.6) is 0 Å². The maximum absolute atomic E-state index is 13.3. The van der Waals surface area contributed by atoms with Crippen LogP contribution in [0.25, 0.3) is 0 Å². The highest BCUT2D eigenvalue weighted by Crippen LogP contribution is 2.20. The molecule has 1 aromatic rings. The molecule has 0 bridgehead atoms. The first-order chi connectivity index (χ1) is 16.7. The van der Waals surface area contributed by atoms with Gasteiger partial charge in [-0.25, -0.2) is 4.79 Å². The van der Waals surface area contributed by atoms with Crippen molar-refractivity contribution < 1.29 is 19.1 Å². The molecule has 1 aromatic carbocycles. The SMILES string of the molecule is CC(C)CC1CN(C[C@H](CC(C)C)NC(=O)[C@@H]2CCCN2C(=O)OCc2ccccc2)CC(=O)N1. The molecule has 3 amide bonds. The summed E-state index contributed by atoms with van der Waals surface area (Å²) in [6, 6.07) is 9.07. The molecule has 2 heterocycles. The normalized spacial score (nSPS) is 21.8. The Morgan fingerprint density at radius 2 is 1.89 bits per heavy atom. The number of likely N-dealkylation sites (tertiary alicyclic amines) is 1. The molecule has 3 rings (SSSR count). The lowest BCUT2D eigenvalue weighted by atomic mass is 9.99. The maximum Gasteiger partial charge on any atom is 0.410 e. The first kappa shape index (κ1) is 27.0. The predicted molar refractivity (Wildman–Crippen MR) is 136 cm³/mol. The van der Waals surface area contributed by atoms with Crippen molar-refractivity contribution in [1.82, 2.24) is 20.4 Å². The fraction of sp³-hybridized carbons (Fsp3) is 0.667. The number of nitrogens with zero attached hydrogens (tertiary/aromatic N) is 2. The Hall–Kier alpha value is -2.61. The molecule has 8 nitrogen and oxygen atoms in total. The molecule has 0 radical (unpaired) electrons. The van der Waals surface area contributed by atoms with Gasteiger partial charge in [-0.05, 0) is 43.1 Å². The molecule has 2 aliphatic rings. The van der Waals surface area contributed by atoms with Gasteiger partial charge in [0.2, 0.25) is 11.8 Å². The van der Waals surface area contributed by atoms with E-state index in [1.54, 1.807) is 4.90 Å². The van der Waals surface area contributed by atoms with E-state index < -0.39 is 12.1 Å². The number of nitrogens with one attached hydrogen (secondary N) is 2. The number of rotatable bonds is 10. The maximum atomic E-state index is 13.3. The van der Waals surface area contributed by atoms with Crippen molar-refractivity contribution in [3.05, 3.63) is 35.9 Å². The van der Waals surface area contributed by atoms with Crippen LogP contribution in [0, 0.1) is 11.8 Å². The standard InChI is InChI=1S/C27H42N4O4/c1-19(2)13-22-15-30(17-25(32)28-22)16-23(14-20(3)4)29-26(33)24-11-8-12-31(24)27(34)35-18-21-9-6-5-7-10-21/h5-7,9-10,19-20,22-24H,8,11-18H2,1-4H3,(H,28,32)(H,29,33)/t22?,23-,24-/m0/s1. The summed E-state index contributed by atoms with van der Waals surface area (Å²) in [5, 5.41) is 6.30. The number of amides is 3. The molecule has 2 fully saturated rings. The minimum absolute atomic E-state index is 0.0413. The third kappa shape index (κ3) is 8.53. The van der Waals surface area contributed by atoms with E-state index in [0.29, 0.717) is 37.9 Å². The molecule has 0 spiro atoms. The molecule has 194 valence electrons. The molecular weight excluding hydrogens is 444 g/mol. The van der Waals surface area contributed by atoms with Crippen LogP contribution in [0.2, 0.25) is 0 Å². The Labute approximate surface area is 209 Å².